The van der Waals surface area contributed by atoms with Gasteiger partial charge < -0.3 is 10.5 Å². The summed E-state index contributed by atoms with van der Waals surface area (Å²) in [6, 6.07) is 8.66. The lowest BCUT2D eigenvalue weighted by Gasteiger charge is -2.37. The molecule has 0 atom stereocenters. The van der Waals surface area contributed by atoms with Gasteiger partial charge in [0.1, 0.15) is 0 Å². The summed E-state index contributed by atoms with van der Waals surface area (Å²) in [5.41, 5.74) is 7.41. The zero-order chi connectivity index (χ0) is 11.4. The normalized spacial score (nSPS) is 19.6. The van der Waals surface area contributed by atoms with Gasteiger partial charge in [0.25, 0.3) is 0 Å². The van der Waals surface area contributed by atoms with Crippen molar-refractivity contribution in [2.45, 2.75) is 24.7 Å². The summed E-state index contributed by atoms with van der Waals surface area (Å²) in [5, 5.41) is 0. The van der Waals surface area contributed by atoms with Crippen LogP contribution < -0.4 is 5.73 Å². The quantitative estimate of drug-likeness (QED) is 0.926. The van der Waals surface area contributed by atoms with E-state index in [0.717, 1.165) is 43.5 Å². The summed E-state index contributed by atoms with van der Waals surface area (Å²) in [6.07, 6.45) is 3.23. The molecular weight excluding hydrogens is 266 g/mol. The smallest absolute Gasteiger partial charge is 0.0474 e. The highest BCUT2D eigenvalue weighted by Crippen LogP contribution is 2.37. The van der Waals surface area contributed by atoms with Gasteiger partial charge in [-0.05, 0) is 43.5 Å². The molecule has 1 aliphatic rings. The van der Waals surface area contributed by atoms with Gasteiger partial charge in [0.15, 0.2) is 0 Å². The molecule has 0 saturated carbocycles. The molecule has 1 aliphatic heterocycles. The maximum absolute atomic E-state index is 5.76. The predicted octanol–water partition coefficient (Wildman–Crippen LogP) is 2.85. The number of hydrogen-bond acceptors (Lipinski definition) is 2. The van der Waals surface area contributed by atoms with Crippen molar-refractivity contribution in [2.24, 2.45) is 5.73 Å². The Labute approximate surface area is 105 Å². The minimum atomic E-state index is 0.244. The standard InChI is InChI=1S/C13H18BrNO/c14-12-3-1-11(2-4-12)13(5-8-15)6-9-16-10-7-13/h1-4H,5-10,15H2. The average Bonchev–Trinajstić information content (AvgIpc) is 2.31. The van der Waals surface area contributed by atoms with Crippen LogP contribution >= 0.6 is 15.9 Å². The summed E-state index contributed by atoms with van der Waals surface area (Å²) in [4.78, 5) is 0. The Morgan fingerprint density at radius 2 is 1.81 bits per heavy atom. The molecule has 0 spiro atoms. The number of hydrogen-bond donors (Lipinski definition) is 1. The third kappa shape index (κ3) is 2.47. The molecule has 88 valence electrons. The van der Waals surface area contributed by atoms with Crippen LogP contribution in [0.1, 0.15) is 24.8 Å². The van der Waals surface area contributed by atoms with Gasteiger partial charge in [-0.1, -0.05) is 28.1 Å². The molecule has 0 unspecified atom stereocenters. The molecule has 3 heteroatoms. The third-order valence-corrected chi connectivity index (χ3v) is 4.06. The second-order valence-corrected chi connectivity index (χ2v) is 5.35. The van der Waals surface area contributed by atoms with E-state index in [4.69, 9.17) is 10.5 Å². The molecule has 1 fully saturated rings. The van der Waals surface area contributed by atoms with E-state index in [1.165, 1.54) is 5.56 Å². The minimum absolute atomic E-state index is 0.244. The summed E-state index contributed by atoms with van der Waals surface area (Å²) in [5.74, 6) is 0. The highest BCUT2D eigenvalue weighted by atomic mass is 79.9. The molecular formula is C13H18BrNO. The summed E-state index contributed by atoms with van der Waals surface area (Å²) < 4.78 is 6.60. The molecule has 0 amide bonds. The fourth-order valence-corrected chi connectivity index (χ4v) is 2.79. The van der Waals surface area contributed by atoms with Crippen LogP contribution in [0.25, 0.3) is 0 Å². The molecule has 0 radical (unpaired) electrons. The Morgan fingerprint density at radius 1 is 1.19 bits per heavy atom. The first-order valence-corrected chi connectivity index (χ1v) is 6.60. The lowest BCUT2D eigenvalue weighted by Crippen LogP contribution is -2.35. The number of nitrogens with two attached hydrogens (primary N) is 1. The minimum Gasteiger partial charge on any atom is -0.381 e. The van der Waals surface area contributed by atoms with Crippen molar-refractivity contribution in [3.05, 3.63) is 34.3 Å². The zero-order valence-corrected chi connectivity index (χ0v) is 11.0. The summed E-state index contributed by atoms with van der Waals surface area (Å²) >= 11 is 3.48. The lowest BCUT2D eigenvalue weighted by molar-refractivity contribution is 0.0477. The van der Waals surface area contributed by atoms with Crippen molar-refractivity contribution in [3.8, 4) is 0 Å². The summed E-state index contributed by atoms with van der Waals surface area (Å²) in [6.45, 7) is 2.46. The van der Waals surface area contributed by atoms with E-state index in [1.54, 1.807) is 0 Å². The molecule has 0 aromatic heterocycles. The predicted molar refractivity (Wildman–Crippen MR) is 69.5 cm³/mol. The third-order valence-electron chi connectivity index (χ3n) is 3.53. The van der Waals surface area contributed by atoms with Crippen LogP contribution in [0, 0.1) is 0 Å². The van der Waals surface area contributed by atoms with Crippen LogP contribution in [0.2, 0.25) is 0 Å². The van der Waals surface area contributed by atoms with Crippen molar-refractivity contribution in [1.29, 1.82) is 0 Å². The maximum Gasteiger partial charge on any atom is 0.0474 e. The second-order valence-electron chi connectivity index (χ2n) is 4.44. The number of ether oxygens (including phenoxy) is 1. The SMILES string of the molecule is NCCC1(c2ccc(Br)cc2)CCOCC1. The molecule has 0 aliphatic carbocycles. The van der Waals surface area contributed by atoms with Crippen molar-refractivity contribution >= 4 is 15.9 Å². The first-order valence-electron chi connectivity index (χ1n) is 5.81. The van der Waals surface area contributed by atoms with Crippen LogP contribution in [0.3, 0.4) is 0 Å². The number of benzene rings is 1. The fraction of sp³-hybridized carbons (Fsp3) is 0.538. The van der Waals surface area contributed by atoms with Crippen LogP contribution in [0.15, 0.2) is 28.7 Å². The molecule has 1 aromatic rings. The Morgan fingerprint density at radius 3 is 2.38 bits per heavy atom. The van der Waals surface area contributed by atoms with Gasteiger partial charge in [0, 0.05) is 23.1 Å². The Hall–Kier alpha value is -0.380. The highest BCUT2D eigenvalue weighted by molar-refractivity contribution is 9.10. The van der Waals surface area contributed by atoms with E-state index >= 15 is 0 Å². The van der Waals surface area contributed by atoms with Crippen LogP contribution in [-0.4, -0.2) is 19.8 Å². The van der Waals surface area contributed by atoms with Crippen molar-refractivity contribution < 1.29 is 4.74 Å². The molecule has 1 saturated heterocycles. The van der Waals surface area contributed by atoms with E-state index in [2.05, 4.69) is 40.2 Å². The average molecular weight is 284 g/mol. The monoisotopic (exact) mass is 283 g/mol. The largest absolute Gasteiger partial charge is 0.381 e. The van der Waals surface area contributed by atoms with E-state index in [-0.39, 0.29) is 5.41 Å². The van der Waals surface area contributed by atoms with E-state index in [9.17, 15) is 0 Å². The Kier molecular flexibility index (Phi) is 4.00. The zero-order valence-electron chi connectivity index (χ0n) is 9.42. The number of rotatable bonds is 3. The Balaban J connectivity index is 2.26. The van der Waals surface area contributed by atoms with E-state index < -0.39 is 0 Å². The van der Waals surface area contributed by atoms with Gasteiger partial charge in [0.05, 0.1) is 0 Å². The van der Waals surface area contributed by atoms with Gasteiger partial charge >= 0.3 is 0 Å². The molecule has 2 nitrogen and oxygen atoms in total. The topological polar surface area (TPSA) is 35.2 Å². The highest BCUT2D eigenvalue weighted by Gasteiger charge is 2.33. The van der Waals surface area contributed by atoms with Gasteiger partial charge in [-0.3, -0.25) is 0 Å². The van der Waals surface area contributed by atoms with Gasteiger partial charge in [-0.15, -0.1) is 0 Å². The lowest BCUT2D eigenvalue weighted by atomic mass is 9.72. The molecule has 1 aromatic carbocycles. The van der Waals surface area contributed by atoms with E-state index in [0.29, 0.717) is 0 Å². The van der Waals surface area contributed by atoms with Crippen LogP contribution in [0.4, 0.5) is 0 Å². The molecule has 2 N–H and O–H groups in total. The summed E-state index contributed by atoms with van der Waals surface area (Å²) in [7, 11) is 0. The molecule has 2 rings (SSSR count). The van der Waals surface area contributed by atoms with Gasteiger partial charge in [0.2, 0.25) is 0 Å². The molecule has 16 heavy (non-hydrogen) atoms. The number of halogens is 1. The van der Waals surface area contributed by atoms with E-state index in [1.807, 2.05) is 0 Å². The van der Waals surface area contributed by atoms with Crippen LogP contribution in [0.5, 0.6) is 0 Å². The van der Waals surface area contributed by atoms with Gasteiger partial charge in [-0.25, -0.2) is 0 Å². The second kappa shape index (κ2) is 5.30. The van der Waals surface area contributed by atoms with Crippen LogP contribution in [-0.2, 0) is 10.2 Å². The first kappa shape index (κ1) is 12.1. The van der Waals surface area contributed by atoms with Gasteiger partial charge in [-0.2, -0.15) is 0 Å². The Bertz CT molecular complexity index is 325. The first-order chi connectivity index (χ1) is 7.77. The van der Waals surface area contributed by atoms with Crippen molar-refractivity contribution in [1.82, 2.24) is 0 Å². The molecule has 1 heterocycles. The van der Waals surface area contributed by atoms with Crippen molar-refractivity contribution in [3.63, 3.8) is 0 Å². The fourth-order valence-electron chi connectivity index (χ4n) is 2.52. The van der Waals surface area contributed by atoms with Crippen molar-refractivity contribution in [2.75, 3.05) is 19.8 Å². The maximum atomic E-state index is 5.76. The molecule has 0 bridgehead atoms.